The van der Waals surface area contributed by atoms with Crippen molar-refractivity contribution in [3.8, 4) is 11.6 Å². The summed E-state index contributed by atoms with van der Waals surface area (Å²) in [4.78, 5) is 63.2. The van der Waals surface area contributed by atoms with Crippen LogP contribution >= 0.6 is 0 Å². The molecule has 4 amide bonds. The SMILES string of the molecule is COc1ccc2c(O[C@@H]3C[C@H]4C(=O)N[C@]5(C(=O)NS(=O)(=O)C6(C)CC6)C[C@H]5C=CCC[C@@H](C)C[C@@H](C)[C@H](NC(=O)O)C(=O)N4C3)ncc(N3CCOCC3)c2c1. The standard InChI is InChI=1S/C39H52N6O10S/c1-23-7-5-6-8-25-20-39(25,36(48)43-56(51,52)38(3)11-12-38)42-33(46)30-19-27(22-45(30)35(47)32(24(2)17-23)41-37(49)50)55-34-28-10-9-26(53-4)18-29(28)31(21-40-34)44-13-15-54-16-14-44/h6,8-10,18,21,23-25,27,30,32,41H,5,7,11-17,19-20,22H2,1-4H3,(H,42,46)(H,43,48)(H,49,50)/t23-,24-,25-,27-,30+,32+,39-/m1/s1. The number of anilines is 1. The molecule has 3 aliphatic heterocycles. The van der Waals surface area contributed by atoms with Crippen LogP contribution in [0.15, 0.2) is 36.5 Å². The van der Waals surface area contributed by atoms with E-state index in [1.807, 2.05) is 38.1 Å². The van der Waals surface area contributed by atoms with Gasteiger partial charge in [-0.2, -0.15) is 0 Å². The Balaban J connectivity index is 1.22. The van der Waals surface area contributed by atoms with E-state index in [0.29, 0.717) is 63.1 Å². The quantitative estimate of drug-likeness (QED) is 0.285. The number of nitrogens with one attached hydrogen (secondary N) is 3. The summed E-state index contributed by atoms with van der Waals surface area (Å²) >= 11 is 0. The number of methoxy groups -OCH3 is 1. The number of morpholine rings is 1. The number of pyridine rings is 1. The second-order valence-corrected chi connectivity index (χ2v) is 18.5. The van der Waals surface area contributed by atoms with Crippen molar-refractivity contribution in [1.29, 1.82) is 0 Å². The van der Waals surface area contributed by atoms with Crippen LogP contribution in [-0.4, -0.2) is 116 Å². The fourth-order valence-electron chi connectivity index (χ4n) is 8.35. The average Bonchev–Trinajstić information content (AvgIpc) is 4.05. The number of hydrogen-bond donors (Lipinski definition) is 4. The number of hydrogen-bond acceptors (Lipinski definition) is 11. The van der Waals surface area contributed by atoms with Gasteiger partial charge in [-0.15, -0.1) is 0 Å². The molecule has 16 nitrogen and oxygen atoms in total. The second-order valence-electron chi connectivity index (χ2n) is 16.3. The third-order valence-electron chi connectivity index (χ3n) is 12.2. The van der Waals surface area contributed by atoms with Gasteiger partial charge in [-0.25, -0.2) is 18.2 Å². The van der Waals surface area contributed by atoms with E-state index in [0.717, 1.165) is 17.5 Å². The first-order chi connectivity index (χ1) is 26.6. The number of benzene rings is 1. The number of nitrogens with zero attached hydrogens (tertiary/aromatic N) is 3. The molecule has 4 N–H and O–H groups in total. The van der Waals surface area contributed by atoms with Crippen LogP contribution in [-0.2, 0) is 29.1 Å². The van der Waals surface area contributed by atoms with Crippen molar-refractivity contribution >= 4 is 50.3 Å². The lowest BCUT2D eigenvalue weighted by molar-refractivity contribution is -0.142. The Labute approximate surface area is 326 Å². The molecule has 0 bridgehead atoms. The normalized spacial score (nSPS) is 30.6. The predicted octanol–water partition coefficient (Wildman–Crippen LogP) is 2.95. The Morgan fingerprint density at radius 1 is 1.11 bits per heavy atom. The van der Waals surface area contributed by atoms with Crippen LogP contribution in [0.5, 0.6) is 11.6 Å². The molecule has 5 aliphatic rings. The Kier molecular flexibility index (Phi) is 10.9. The maximum atomic E-state index is 14.5. The minimum absolute atomic E-state index is 0.00126. The number of amides is 4. The third-order valence-corrected chi connectivity index (χ3v) is 14.4. The number of carbonyl (C=O) groups is 4. The molecule has 304 valence electrons. The number of fused-ring (bicyclic) bond motifs is 3. The van der Waals surface area contributed by atoms with Gasteiger partial charge in [-0.3, -0.25) is 19.1 Å². The van der Waals surface area contributed by atoms with Gasteiger partial charge in [-0.1, -0.05) is 26.0 Å². The zero-order valence-electron chi connectivity index (χ0n) is 32.3. The summed E-state index contributed by atoms with van der Waals surface area (Å²) in [5, 5.41) is 16.7. The number of sulfonamides is 1. The van der Waals surface area contributed by atoms with E-state index in [2.05, 4.69) is 20.3 Å². The van der Waals surface area contributed by atoms with Crippen LogP contribution in [0.4, 0.5) is 10.5 Å². The van der Waals surface area contributed by atoms with Crippen molar-refractivity contribution in [2.75, 3.05) is 44.9 Å². The molecule has 0 radical (unpaired) electrons. The molecule has 1 aromatic carbocycles. The maximum Gasteiger partial charge on any atom is 0.405 e. The molecule has 2 aromatic rings. The van der Waals surface area contributed by atoms with Crippen LogP contribution < -0.4 is 29.7 Å². The van der Waals surface area contributed by atoms with E-state index in [1.165, 1.54) is 4.90 Å². The Bertz CT molecular complexity index is 2020. The molecule has 2 aliphatic carbocycles. The van der Waals surface area contributed by atoms with Crippen LogP contribution in [0.2, 0.25) is 0 Å². The molecular formula is C39H52N6O10S. The minimum Gasteiger partial charge on any atom is -0.497 e. The molecule has 1 aromatic heterocycles. The highest BCUT2D eigenvalue weighted by Gasteiger charge is 2.63. The van der Waals surface area contributed by atoms with Gasteiger partial charge in [0.15, 0.2) is 0 Å². The fourth-order valence-corrected chi connectivity index (χ4v) is 9.66. The fraction of sp³-hybridized carbons (Fsp3) is 0.615. The summed E-state index contributed by atoms with van der Waals surface area (Å²) in [6, 6.07) is 3.21. The van der Waals surface area contributed by atoms with Gasteiger partial charge in [0.1, 0.15) is 29.5 Å². The zero-order chi connectivity index (χ0) is 40.0. The van der Waals surface area contributed by atoms with Gasteiger partial charge < -0.3 is 39.8 Å². The summed E-state index contributed by atoms with van der Waals surface area (Å²) in [5.41, 5.74) is -0.674. The lowest BCUT2D eigenvalue weighted by Gasteiger charge is -2.32. The largest absolute Gasteiger partial charge is 0.497 e. The van der Waals surface area contributed by atoms with Gasteiger partial charge in [0.05, 0.1) is 43.5 Å². The number of allylic oxidation sites excluding steroid dienone is 1. The highest BCUT2D eigenvalue weighted by Crippen LogP contribution is 2.48. The van der Waals surface area contributed by atoms with E-state index in [1.54, 1.807) is 26.3 Å². The van der Waals surface area contributed by atoms with E-state index in [-0.39, 0.29) is 31.2 Å². The van der Waals surface area contributed by atoms with Crippen LogP contribution in [0, 0.1) is 17.8 Å². The number of ether oxygens (including phenoxy) is 3. The summed E-state index contributed by atoms with van der Waals surface area (Å²) in [6.45, 7) is 7.86. The van der Waals surface area contributed by atoms with E-state index in [4.69, 9.17) is 19.2 Å². The lowest BCUT2D eigenvalue weighted by atomic mass is 9.88. The highest BCUT2D eigenvalue weighted by molar-refractivity contribution is 7.91. The van der Waals surface area contributed by atoms with Gasteiger partial charge in [0.2, 0.25) is 27.7 Å². The van der Waals surface area contributed by atoms with Gasteiger partial charge in [0, 0.05) is 36.2 Å². The number of carbonyl (C=O) groups excluding carboxylic acids is 3. The van der Waals surface area contributed by atoms with Gasteiger partial charge in [0.25, 0.3) is 5.91 Å². The van der Waals surface area contributed by atoms with Crippen LogP contribution in [0.1, 0.15) is 65.7 Å². The molecule has 2 saturated carbocycles. The number of rotatable bonds is 8. The molecule has 0 spiro atoms. The van der Waals surface area contributed by atoms with Crippen molar-refractivity contribution < 1.29 is 46.9 Å². The van der Waals surface area contributed by atoms with Crippen molar-refractivity contribution in [1.82, 2.24) is 25.2 Å². The smallest absolute Gasteiger partial charge is 0.405 e. The zero-order valence-corrected chi connectivity index (χ0v) is 33.1. The van der Waals surface area contributed by atoms with Gasteiger partial charge in [-0.05, 0) is 75.5 Å². The predicted molar refractivity (Wildman–Crippen MR) is 206 cm³/mol. The Morgan fingerprint density at radius 3 is 2.55 bits per heavy atom. The first-order valence-electron chi connectivity index (χ1n) is 19.5. The van der Waals surface area contributed by atoms with Crippen molar-refractivity contribution in [3.63, 3.8) is 0 Å². The second kappa shape index (κ2) is 15.4. The Hall–Kier alpha value is -4.64. The first kappa shape index (κ1) is 39.6. The van der Waals surface area contributed by atoms with Gasteiger partial charge >= 0.3 is 6.09 Å². The maximum absolute atomic E-state index is 14.5. The molecule has 4 fully saturated rings. The molecule has 4 heterocycles. The summed E-state index contributed by atoms with van der Waals surface area (Å²) < 4.78 is 45.2. The molecule has 17 heteroatoms. The number of carboxylic acid groups (broad SMARTS) is 1. The first-order valence-corrected chi connectivity index (χ1v) is 20.9. The molecule has 7 atom stereocenters. The van der Waals surface area contributed by atoms with Crippen LogP contribution in [0.25, 0.3) is 10.8 Å². The summed E-state index contributed by atoms with van der Waals surface area (Å²) in [6.07, 6.45) is 6.34. The summed E-state index contributed by atoms with van der Waals surface area (Å²) in [7, 11) is -2.43. The van der Waals surface area contributed by atoms with E-state index < -0.39 is 74.1 Å². The summed E-state index contributed by atoms with van der Waals surface area (Å²) in [5.74, 6) is -1.92. The number of aromatic nitrogens is 1. The molecule has 0 unspecified atom stereocenters. The molecular weight excluding hydrogens is 745 g/mol. The third kappa shape index (κ3) is 7.84. The highest BCUT2D eigenvalue weighted by atomic mass is 32.2. The monoisotopic (exact) mass is 796 g/mol. The van der Waals surface area contributed by atoms with Crippen molar-refractivity contribution in [2.45, 2.75) is 94.2 Å². The van der Waals surface area contributed by atoms with Crippen molar-refractivity contribution in [3.05, 3.63) is 36.5 Å². The lowest BCUT2D eigenvalue weighted by Crippen LogP contribution is -2.59. The molecule has 2 saturated heterocycles. The minimum atomic E-state index is -4.01. The topological polar surface area (TPSA) is 206 Å². The van der Waals surface area contributed by atoms with Crippen LogP contribution in [0.3, 0.4) is 0 Å². The Morgan fingerprint density at radius 2 is 1.86 bits per heavy atom. The molecule has 56 heavy (non-hydrogen) atoms. The van der Waals surface area contributed by atoms with E-state index >= 15 is 0 Å². The van der Waals surface area contributed by atoms with E-state index in [9.17, 15) is 32.7 Å². The van der Waals surface area contributed by atoms with Crippen molar-refractivity contribution in [2.24, 2.45) is 17.8 Å². The molecule has 7 rings (SSSR count). The average molecular weight is 797 g/mol.